The molecule has 0 rings (SSSR count). The topological polar surface area (TPSA) is 149 Å². The average Bonchev–Trinajstić information content (AvgIpc) is 3.19. The lowest BCUT2D eigenvalue weighted by Crippen LogP contribution is -2.29. The molecule has 3 N–H and O–H groups in total. The fourth-order valence-electron chi connectivity index (χ4n) is 6.56. The molecule has 0 aromatic heterocycles. The van der Waals surface area contributed by atoms with Crippen LogP contribution < -0.4 is 0 Å². The Morgan fingerprint density at radius 1 is 0.518 bits per heavy atom. The molecule has 0 aliphatic heterocycles. The van der Waals surface area contributed by atoms with Crippen molar-refractivity contribution in [3.05, 3.63) is 12.2 Å². The van der Waals surface area contributed by atoms with Gasteiger partial charge >= 0.3 is 19.8 Å². The Morgan fingerprint density at radius 3 is 1.34 bits per heavy atom. The number of rotatable bonds is 44. The number of carbonyl (C=O) groups is 2. The second kappa shape index (κ2) is 41.9. The normalized spacial score (nSPS) is 13.9. The average molecular weight is 819 g/mol. The van der Waals surface area contributed by atoms with E-state index < -0.39 is 51.8 Å². The molecule has 332 valence electrons. The molecule has 10 nitrogen and oxygen atoms in total. The number of carbonyl (C=O) groups excluding carboxylic acids is 2. The van der Waals surface area contributed by atoms with Gasteiger partial charge in [-0.25, -0.2) is 4.57 Å². The van der Waals surface area contributed by atoms with Crippen LogP contribution in [0.3, 0.4) is 0 Å². The van der Waals surface area contributed by atoms with Gasteiger partial charge in [0.15, 0.2) is 6.10 Å². The number of ether oxygens (including phenoxy) is 2. The Bertz CT molecular complexity index is 946. The van der Waals surface area contributed by atoms with E-state index in [1.54, 1.807) is 0 Å². The lowest BCUT2D eigenvalue weighted by Gasteiger charge is -2.20. The zero-order valence-electron chi connectivity index (χ0n) is 36.1. The van der Waals surface area contributed by atoms with Crippen LogP contribution in [0, 0.1) is 0 Å². The minimum Gasteiger partial charge on any atom is -0.462 e. The van der Waals surface area contributed by atoms with Crippen LogP contribution in [0.5, 0.6) is 0 Å². The first-order valence-electron chi connectivity index (χ1n) is 23.1. The summed E-state index contributed by atoms with van der Waals surface area (Å²) in [4.78, 5) is 35.0. The molecule has 0 spiro atoms. The number of esters is 2. The molecule has 1 unspecified atom stereocenters. The van der Waals surface area contributed by atoms with Gasteiger partial charge in [-0.15, -0.1) is 0 Å². The van der Waals surface area contributed by atoms with Crippen LogP contribution in [0.25, 0.3) is 0 Å². The van der Waals surface area contributed by atoms with Gasteiger partial charge in [0.2, 0.25) is 0 Å². The third-order valence-electron chi connectivity index (χ3n) is 10.2. The van der Waals surface area contributed by atoms with Gasteiger partial charge in [-0.2, -0.15) is 0 Å². The highest BCUT2D eigenvalue weighted by Crippen LogP contribution is 2.43. The molecular weight excluding hydrogens is 731 g/mol. The van der Waals surface area contributed by atoms with Crippen molar-refractivity contribution in [2.75, 3.05) is 26.4 Å². The number of unbranched alkanes of at least 4 members (excludes halogenated alkanes) is 28. The van der Waals surface area contributed by atoms with Crippen molar-refractivity contribution in [2.24, 2.45) is 0 Å². The van der Waals surface area contributed by atoms with E-state index >= 15 is 0 Å². The quantitative estimate of drug-likeness (QED) is 0.0235. The number of aliphatic hydroxyl groups excluding tert-OH is 2. The van der Waals surface area contributed by atoms with Crippen molar-refractivity contribution in [1.29, 1.82) is 0 Å². The Kier molecular flexibility index (Phi) is 40.9. The summed E-state index contributed by atoms with van der Waals surface area (Å²) in [5, 5.41) is 18.3. The molecule has 0 fully saturated rings. The van der Waals surface area contributed by atoms with Crippen molar-refractivity contribution < 1.29 is 47.8 Å². The molecule has 0 saturated carbocycles. The van der Waals surface area contributed by atoms with Crippen LogP contribution in [0.1, 0.15) is 226 Å². The first kappa shape index (κ1) is 54.7. The molecule has 11 heteroatoms. The molecule has 0 aliphatic carbocycles. The number of phosphoric ester groups is 1. The van der Waals surface area contributed by atoms with Crippen molar-refractivity contribution >= 4 is 19.8 Å². The summed E-state index contributed by atoms with van der Waals surface area (Å²) >= 11 is 0. The number of hydrogen-bond donors (Lipinski definition) is 3. The third kappa shape index (κ3) is 40.9. The van der Waals surface area contributed by atoms with Gasteiger partial charge in [0, 0.05) is 12.8 Å². The van der Waals surface area contributed by atoms with Gasteiger partial charge < -0.3 is 24.6 Å². The van der Waals surface area contributed by atoms with Gasteiger partial charge in [0.25, 0.3) is 0 Å². The van der Waals surface area contributed by atoms with Crippen LogP contribution in [0.2, 0.25) is 0 Å². The lowest BCUT2D eigenvalue weighted by molar-refractivity contribution is -0.161. The fourth-order valence-corrected chi connectivity index (χ4v) is 7.35. The molecule has 56 heavy (non-hydrogen) atoms. The summed E-state index contributed by atoms with van der Waals surface area (Å²) in [6, 6.07) is 0. The number of aliphatic hydroxyl groups is 2. The summed E-state index contributed by atoms with van der Waals surface area (Å²) in [5.41, 5.74) is 0. The van der Waals surface area contributed by atoms with Crippen LogP contribution >= 0.6 is 7.82 Å². The van der Waals surface area contributed by atoms with E-state index in [2.05, 4.69) is 26.0 Å². The largest absolute Gasteiger partial charge is 0.472 e. The van der Waals surface area contributed by atoms with Gasteiger partial charge in [-0.1, -0.05) is 193 Å². The molecule has 3 atom stereocenters. The Balaban J connectivity index is 4.13. The monoisotopic (exact) mass is 819 g/mol. The molecule has 0 amide bonds. The van der Waals surface area contributed by atoms with Crippen LogP contribution in [0.4, 0.5) is 0 Å². The molecule has 0 heterocycles. The summed E-state index contributed by atoms with van der Waals surface area (Å²) in [7, 11) is -4.61. The second-order valence-corrected chi connectivity index (χ2v) is 17.2. The summed E-state index contributed by atoms with van der Waals surface area (Å²) < 4.78 is 32.7. The zero-order valence-corrected chi connectivity index (χ0v) is 37.0. The van der Waals surface area contributed by atoms with E-state index in [0.29, 0.717) is 12.8 Å². The smallest absolute Gasteiger partial charge is 0.462 e. The summed E-state index contributed by atoms with van der Waals surface area (Å²) in [6.45, 7) is 2.36. The molecule has 0 saturated heterocycles. The highest BCUT2D eigenvalue weighted by Gasteiger charge is 2.27. The van der Waals surface area contributed by atoms with Crippen LogP contribution in [-0.4, -0.2) is 65.7 Å². The van der Waals surface area contributed by atoms with Gasteiger partial charge in [0.05, 0.1) is 19.8 Å². The van der Waals surface area contributed by atoms with Crippen LogP contribution in [-0.2, 0) is 32.7 Å². The van der Waals surface area contributed by atoms with E-state index in [1.165, 1.54) is 128 Å². The van der Waals surface area contributed by atoms with Crippen molar-refractivity contribution in [3.8, 4) is 0 Å². The Morgan fingerprint density at radius 2 is 0.893 bits per heavy atom. The number of allylic oxidation sites excluding steroid dienone is 2. The standard InChI is InChI=1S/C45H87O10P/c1-3-5-7-9-11-13-15-16-17-18-19-20-21-22-23-24-25-27-29-31-33-35-37-45(49)55-43(41-54-56(50,51)53-39-42(47)38-46)40-52-44(48)36-34-32-30-28-26-14-12-10-8-6-4-2/h10,12,42-43,46-47H,3-9,11,13-41H2,1-2H3,(H,50,51)/b12-10+/t42-,43+/m0/s1. The van der Waals surface area contributed by atoms with E-state index in [-0.39, 0.29) is 19.4 Å². The third-order valence-corrected chi connectivity index (χ3v) is 11.1. The zero-order chi connectivity index (χ0) is 41.2. The maximum absolute atomic E-state index is 12.6. The minimum absolute atomic E-state index is 0.189. The highest BCUT2D eigenvalue weighted by molar-refractivity contribution is 7.47. The van der Waals surface area contributed by atoms with Gasteiger partial charge in [0.1, 0.15) is 12.7 Å². The van der Waals surface area contributed by atoms with Gasteiger partial charge in [-0.3, -0.25) is 18.6 Å². The number of phosphoric acid groups is 1. The first-order valence-corrected chi connectivity index (χ1v) is 24.6. The lowest BCUT2D eigenvalue weighted by atomic mass is 10.0. The summed E-state index contributed by atoms with van der Waals surface area (Å²) in [6.07, 6.45) is 40.5. The minimum atomic E-state index is -4.61. The molecule has 0 aromatic rings. The highest BCUT2D eigenvalue weighted by atomic mass is 31.2. The van der Waals surface area contributed by atoms with E-state index in [4.69, 9.17) is 23.6 Å². The SMILES string of the molecule is CCCC/C=C/CCCCCCCC(=O)OC[C@H](COP(=O)(O)OC[C@@H](O)CO)OC(=O)CCCCCCCCCCCCCCCCCCCCCCCC. The molecule has 0 aromatic carbocycles. The Hall–Kier alpha value is -1.29. The van der Waals surface area contributed by atoms with Crippen LogP contribution in [0.15, 0.2) is 12.2 Å². The van der Waals surface area contributed by atoms with Crippen molar-refractivity contribution in [3.63, 3.8) is 0 Å². The molecule has 0 radical (unpaired) electrons. The molecule has 0 bridgehead atoms. The maximum Gasteiger partial charge on any atom is 0.472 e. The molecular formula is C45H87O10P. The first-order chi connectivity index (χ1) is 27.2. The van der Waals surface area contributed by atoms with E-state index in [0.717, 1.165) is 57.8 Å². The van der Waals surface area contributed by atoms with E-state index in [1.807, 2.05) is 0 Å². The predicted octanol–water partition coefficient (Wildman–Crippen LogP) is 12.4. The molecule has 0 aliphatic rings. The predicted molar refractivity (Wildman–Crippen MR) is 229 cm³/mol. The fraction of sp³-hybridized carbons (Fsp3) is 0.911. The maximum atomic E-state index is 12.6. The summed E-state index contributed by atoms with van der Waals surface area (Å²) in [5.74, 6) is -0.925. The van der Waals surface area contributed by atoms with Crippen molar-refractivity contribution in [1.82, 2.24) is 0 Å². The second-order valence-electron chi connectivity index (χ2n) is 15.8. The van der Waals surface area contributed by atoms with E-state index in [9.17, 15) is 24.2 Å². The van der Waals surface area contributed by atoms with Gasteiger partial charge in [-0.05, 0) is 32.1 Å². The number of hydrogen-bond acceptors (Lipinski definition) is 9. The van der Waals surface area contributed by atoms with Crippen molar-refractivity contribution in [2.45, 2.75) is 238 Å². The Labute approximate surface area is 343 Å².